The molecule has 4 heteroatoms. The van der Waals surface area contributed by atoms with Crippen LogP contribution >= 0.6 is 11.3 Å². The van der Waals surface area contributed by atoms with Crippen LogP contribution in [0.4, 0.5) is 0 Å². The second-order valence-corrected chi connectivity index (χ2v) is 14.6. The summed E-state index contributed by atoms with van der Waals surface area (Å²) in [6, 6.07) is 62.7. The lowest BCUT2D eigenvalue weighted by Gasteiger charge is -2.16. The molecule has 0 amide bonds. The van der Waals surface area contributed by atoms with E-state index in [1.165, 1.54) is 68.8 Å². The molecule has 0 radical (unpaired) electrons. The lowest BCUT2D eigenvalue weighted by Crippen LogP contribution is -2.00. The maximum atomic E-state index is 5.23. The zero-order chi connectivity index (χ0) is 34.9. The van der Waals surface area contributed by atoms with Gasteiger partial charge in [0.05, 0.1) is 0 Å². The molecule has 0 N–H and O–H groups in total. The Morgan fingerprint density at radius 1 is 0.302 bits per heavy atom. The van der Waals surface area contributed by atoms with Gasteiger partial charge in [0, 0.05) is 36.9 Å². The van der Waals surface area contributed by atoms with Crippen molar-refractivity contribution in [3.05, 3.63) is 176 Å². The van der Waals surface area contributed by atoms with Gasteiger partial charge in [-0.25, -0.2) is 15.0 Å². The van der Waals surface area contributed by atoms with E-state index < -0.39 is 0 Å². The molecule has 0 aliphatic heterocycles. The van der Waals surface area contributed by atoms with E-state index >= 15 is 0 Å². The molecule has 0 aliphatic carbocycles. The van der Waals surface area contributed by atoms with Crippen LogP contribution in [-0.4, -0.2) is 15.0 Å². The van der Waals surface area contributed by atoms with Crippen molar-refractivity contribution in [1.29, 1.82) is 0 Å². The van der Waals surface area contributed by atoms with Gasteiger partial charge >= 0.3 is 0 Å². The van der Waals surface area contributed by atoms with Gasteiger partial charge in [-0.3, -0.25) is 0 Å². The third kappa shape index (κ3) is 4.77. The van der Waals surface area contributed by atoms with Crippen molar-refractivity contribution < 1.29 is 0 Å². The smallest absolute Gasteiger partial charge is 0.165 e. The second-order valence-electron chi connectivity index (χ2n) is 13.5. The summed E-state index contributed by atoms with van der Waals surface area (Å²) in [6.45, 7) is 0. The van der Waals surface area contributed by atoms with Gasteiger partial charge < -0.3 is 0 Å². The number of nitrogens with zero attached hydrogens (tertiary/aromatic N) is 3. The molecule has 11 aromatic rings. The monoisotopic (exact) mass is 691 g/mol. The molecular formula is C49H29N3S. The summed E-state index contributed by atoms with van der Waals surface area (Å²) in [5.74, 6) is 1.98. The molecule has 0 atom stereocenters. The summed E-state index contributed by atoms with van der Waals surface area (Å²) in [5, 5.41) is 12.6. The largest absolute Gasteiger partial charge is 0.208 e. The van der Waals surface area contributed by atoms with Gasteiger partial charge in [-0.15, -0.1) is 11.3 Å². The van der Waals surface area contributed by atoms with Crippen LogP contribution < -0.4 is 0 Å². The highest BCUT2D eigenvalue weighted by molar-refractivity contribution is 7.26. The van der Waals surface area contributed by atoms with Crippen molar-refractivity contribution in [3.8, 4) is 45.3 Å². The van der Waals surface area contributed by atoms with Crippen LogP contribution in [0.1, 0.15) is 0 Å². The van der Waals surface area contributed by atoms with E-state index in [4.69, 9.17) is 15.0 Å². The van der Waals surface area contributed by atoms with Crippen molar-refractivity contribution >= 4 is 74.6 Å². The maximum Gasteiger partial charge on any atom is 0.165 e. The zero-order valence-corrected chi connectivity index (χ0v) is 29.3. The Balaban J connectivity index is 1.15. The van der Waals surface area contributed by atoms with Crippen molar-refractivity contribution in [3.63, 3.8) is 0 Å². The van der Waals surface area contributed by atoms with E-state index in [0.29, 0.717) is 17.5 Å². The lowest BCUT2D eigenvalue weighted by atomic mass is 9.87. The highest BCUT2D eigenvalue weighted by Gasteiger charge is 2.18. The molecule has 53 heavy (non-hydrogen) atoms. The number of hydrogen-bond donors (Lipinski definition) is 0. The summed E-state index contributed by atoms with van der Waals surface area (Å²) in [6.07, 6.45) is 0. The van der Waals surface area contributed by atoms with E-state index in [0.717, 1.165) is 22.3 Å². The first kappa shape index (κ1) is 29.9. The van der Waals surface area contributed by atoms with Crippen molar-refractivity contribution in [1.82, 2.24) is 15.0 Å². The number of hydrogen-bond acceptors (Lipinski definition) is 4. The molecule has 0 aliphatic rings. The van der Waals surface area contributed by atoms with Gasteiger partial charge in [-0.2, -0.15) is 0 Å². The average Bonchev–Trinajstić information content (AvgIpc) is 3.62. The molecule has 0 fully saturated rings. The number of thiophene rings is 1. The molecule has 9 aromatic carbocycles. The number of aromatic nitrogens is 3. The molecule has 0 bridgehead atoms. The summed E-state index contributed by atoms with van der Waals surface area (Å²) in [4.78, 5) is 15.5. The Labute approximate surface area is 309 Å². The predicted octanol–water partition coefficient (Wildman–Crippen LogP) is 13.5. The minimum Gasteiger partial charge on any atom is -0.208 e. The quantitative estimate of drug-likeness (QED) is 0.172. The normalized spacial score (nSPS) is 11.8. The van der Waals surface area contributed by atoms with Gasteiger partial charge in [0.1, 0.15) is 0 Å². The third-order valence-electron chi connectivity index (χ3n) is 10.5. The second kappa shape index (κ2) is 11.9. The van der Waals surface area contributed by atoms with Gasteiger partial charge in [0.15, 0.2) is 17.5 Å². The van der Waals surface area contributed by atoms with Crippen LogP contribution in [0.25, 0.3) is 109 Å². The Morgan fingerprint density at radius 3 is 1.58 bits per heavy atom. The van der Waals surface area contributed by atoms with Gasteiger partial charge in [-0.05, 0) is 78.5 Å². The standard InChI is InChI=1S/C49H29N3S/c1-2-14-30(15-3-1)47-50-48(52-49(51-47)41-26-13-25-40-37-22-10-11-27-44(37)53-46(40)41)32-17-12-16-31(28-32)42-29-43-35-20-5-4-18-33(35)34-19-6-8-23-38(34)45(43)39-24-9-7-21-36(39)42/h1-29H. The molecule has 0 saturated heterocycles. The summed E-state index contributed by atoms with van der Waals surface area (Å²) < 4.78 is 2.43. The fourth-order valence-electron chi connectivity index (χ4n) is 8.10. The first-order chi connectivity index (χ1) is 26.3. The average molecular weight is 692 g/mol. The van der Waals surface area contributed by atoms with Crippen molar-refractivity contribution in [2.45, 2.75) is 0 Å². The van der Waals surface area contributed by atoms with E-state index in [1.807, 2.05) is 18.2 Å². The van der Waals surface area contributed by atoms with E-state index in [-0.39, 0.29) is 0 Å². The molecule has 2 heterocycles. The molecule has 11 rings (SSSR count). The molecule has 246 valence electrons. The summed E-state index contributed by atoms with van der Waals surface area (Å²) in [5.41, 5.74) is 5.21. The van der Waals surface area contributed by atoms with Crippen LogP contribution in [0.2, 0.25) is 0 Å². The van der Waals surface area contributed by atoms with Crippen molar-refractivity contribution in [2.75, 3.05) is 0 Å². The number of benzene rings is 9. The fourth-order valence-corrected chi connectivity index (χ4v) is 9.31. The first-order valence-corrected chi connectivity index (χ1v) is 18.7. The Bertz CT molecular complexity index is 3240. The SMILES string of the molecule is c1ccc(-c2nc(-c3cccc(-c4cc5c6ccccc6c6ccccc6c5c5ccccc45)c3)nc(-c3cccc4c3sc3ccccc34)n2)cc1. The highest BCUT2D eigenvalue weighted by atomic mass is 32.1. The van der Waals surface area contributed by atoms with E-state index in [1.54, 1.807) is 11.3 Å². The Kier molecular flexibility index (Phi) is 6.73. The van der Waals surface area contributed by atoms with Crippen LogP contribution in [0, 0.1) is 0 Å². The zero-order valence-electron chi connectivity index (χ0n) is 28.5. The topological polar surface area (TPSA) is 38.7 Å². The fraction of sp³-hybridized carbons (Fsp3) is 0. The lowest BCUT2D eigenvalue weighted by molar-refractivity contribution is 1.08. The van der Waals surface area contributed by atoms with Crippen LogP contribution in [0.15, 0.2) is 176 Å². The molecule has 0 unspecified atom stereocenters. The Morgan fingerprint density at radius 2 is 0.811 bits per heavy atom. The van der Waals surface area contributed by atoms with Crippen LogP contribution in [0.5, 0.6) is 0 Å². The highest BCUT2D eigenvalue weighted by Crippen LogP contribution is 2.44. The van der Waals surface area contributed by atoms with Gasteiger partial charge in [0.2, 0.25) is 0 Å². The van der Waals surface area contributed by atoms with E-state index in [9.17, 15) is 0 Å². The number of fused-ring (bicyclic) bond motifs is 11. The predicted molar refractivity (Wildman–Crippen MR) is 224 cm³/mol. The molecule has 0 spiro atoms. The first-order valence-electron chi connectivity index (χ1n) is 17.9. The third-order valence-corrected chi connectivity index (χ3v) is 11.7. The van der Waals surface area contributed by atoms with Crippen LogP contribution in [0.3, 0.4) is 0 Å². The van der Waals surface area contributed by atoms with E-state index in [2.05, 4.69) is 158 Å². The molecule has 2 aromatic heterocycles. The molecular weight excluding hydrogens is 663 g/mol. The number of rotatable bonds is 4. The summed E-state index contributed by atoms with van der Waals surface area (Å²) in [7, 11) is 0. The minimum absolute atomic E-state index is 0.648. The van der Waals surface area contributed by atoms with Gasteiger partial charge in [0.25, 0.3) is 0 Å². The van der Waals surface area contributed by atoms with Gasteiger partial charge in [-0.1, -0.05) is 152 Å². The summed E-state index contributed by atoms with van der Waals surface area (Å²) >= 11 is 1.79. The molecule has 3 nitrogen and oxygen atoms in total. The van der Waals surface area contributed by atoms with Crippen LogP contribution in [-0.2, 0) is 0 Å². The molecule has 0 saturated carbocycles. The Hall–Kier alpha value is -6.75. The maximum absolute atomic E-state index is 5.23. The minimum atomic E-state index is 0.648. The van der Waals surface area contributed by atoms with Crippen molar-refractivity contribution in [2.24, 2.45) is 0 Å².